The lowest BCUT2D eigenvalue weighted by molar-refractivity contribution is -0.136. The molecule has 0 atom stereocenters. The number of hydrogen-bond acceptors (Lipinski definition) is 2. The summed E-state index contributed by atoms with van der Waals surface area (Å²) in [6.45, 7) is 0. The third-order valence-electron chi connectivity index (χ3n) is 2.47. The number of halogens is 1. The molecule has 1 N–H and O–H groups in total. The van der Waals surface area contributed by atoms with E-state index in [0.717, 1.165) is 22.1 Å². The summed E-state index contributed by atoms with van der Waals surface area (Å²) < 4.78 is 5.12. The number of carboxylic acid groups (broad SMARTS) is 1. The fourth-order valence-electron chi connectivity index (χ4n) is 1.68. The van der Waals surface area contributed by atoms with Crippen LogP contribution >= 0.6 is 12.4 Å². The standard InChI is InChI=1S/C13H12O3.CH4.ClH/c1-16-12-5-4-10-6-9(7-13(14)15)2-3-11(10)8-12;;/h2-6,8H,7H2,1H3,(H,14,15);1H4;1H. The fraction of sp³-hybridized carbons (Fsp3) is 0.214. The molecule has 3 nitrogen and oxygen atoms in total. The summed E-state index contributed by atoms with van der Waals surface area (Å²) in [5.41, 5.74) is 0.810. The SMILES string of the molecule is C.COc1ccc2cc(CC(=O)O)ccc2c1.Cl. The molecule has 0 radical (unpaired) electrons. The zero-order valence-electron chi connectivity index (χ0n) is 9.34. The highest BCUT2D eigenvalue weighted by Crippen LogP contribution is 2.21. The van der Waals surface area contributed by atoms with Crippen molar-refractivity contribution in [2.75, 3.05) is 7.11 Å². The quantitative estimate of drug-likeness (QED) is 0.926. The van der Waals surface area contributed by atoms with E-state index < -0.39 is 5.97 Å². The van der Waals surface area contributed by atoms with Gasteiger partial charge in [-0.3, -0.25) is 4.79 Å². The van der Waals surface area contributed by atoms with E-state index in [9.17, 15) is 4.79 Å². The number of ether oxygens (including phenoxy) is 1. The molecule has 0 aliphatic heterocycles. The maximum Gasteiger partial charge on any atom is 0.307 e. The zero-order valence-corrected chi connectivity index (χ0v) is 10.2. The van der Waals surface area contributed by atoms with Crippen LogP contribution in [0.4, 0.5) is 0 Å². The second kappa shape index (κ2) is 6.87. The summed E-state index contributed by atoms with van der Waals surface area (Å²) in [5, 5.41) is 10.8. The molecule has 0 unspecified atom stereocenters. The molecule has 0 aliphatic carbocycles. The highest BCUT2D eigenvalue weighted by Gasteiger charge is 2.02. The second-order valence-corrected chi connectivity index (χ2v) is 3.62. The molecule has 0 bridgehead atoms. The number of fused-ring (bicyclic) bond motifs is 1. The number of rotatable bonds is 3. The van der Waals surface area contributed by atoms with Gasteiger partial charge < -0.3 is 9.84 Å². The van der Waals surface area contributed by atoms with Gasteiger partial charge in [-0.15, -0.1) is 12.4 Å². The molecule has 0 amide bonds. The Hall–Kier alpha value is -1.74. The van der Waals surface area contributed by atoms with Crippen LogP contribution in [0, 0.1) is 0 Å². The van der Waals surface area contributed by atoms with Gasteiger partial charge in [0.1, 0.15) is 5.75 Å². The summed E-state index contributed by atoms with van der Waals surface area (Å²) in [5.74, 6) is -0.00801. The highest BCUT2D eigenvalue weighted by molar-refractivity contribution is 5.86. The molecule has 0 spiro atoms. The van der Waals surface area contributed by atoms with E-state index in [0.29, 0.717) is 0 Å². The number of benzene rings is 2. The first-order valence-electron chi connectivity index (χ1n) is 4.97. The molecule has 0 aliphatic rings. The summed E-state index contributed by atoms with van der Waals surface area (Å²) in [7, 11) is 1.62. The minimum Gasteiger partial charge on any atom is -0.497 e. The Balaban J connectivity index is 0.00000144. The molecule has 4 heteroatoms. The lowest BCUT2D eigenvalue weighted by atomic mass is 10.0. The van der Waals surface area contributed by atoms with E-state index in [1.165, 1.54) is 0 Å². The molecule has 0 fully saturated rings. The summed E-state index contributed by atoms with van der Waals surface area (Å²) in [6.07, 6.45) is 0.0575. The molecule has 2 aromatic carbocycles. The number of methoxy groups -OCH3 is 1. The van der Waals surface area contributed by atoms with E-state index in [1.54, 1.807) is 7.11 Å². The first kappa shape index (κ1) is 16.3. The van der Waals surface area contributed by atoms with E-state index in [2.05, 4.69) is 0 Å². The van der Waals surface area contributed by atoms with Crippen molar-refractivity contribution in [3.8, 4) is 5.75 Å². The normalized spacial score (nSPS) is 9.17. The Bertz CT molecular complexity index is 538. The predicted octanol–water partition coefficient (Wildman–Crippen LogP) is 3.53. The molecule has 18 heavy (non-hydrogen) atoms. The second-order valence-electron chi connectivity index (χ2n) is 3.62. The summed E-state index contributed by atoms with van der Waals surface area (Å²) in [6, 6.07) is 11.4. The van der Waals surface area contributed by atoms with Crippen molar-refractivity contribution in [3.05, 3.63) is 42.0 Å². The summed E-state index contributed by atoms with van der Waals surface area (Å²) in [4.78, 5) is 10.6. The topological polar surface area (TPSA) is 46.5 Å². The van der Waals surface area contributed by atoms with Crippen LogP contribution < -0.4 is 4.74 Å². The third-order valence-corrected chi connectivity index (χ3v) is 2.47. The molecule has 0 aromatic heterocycles. The van der Waals surface area contributed by atoms with Crippen molar-refractivity contribution in [2.24, 2.45) is 0 Å². The van der Waals surface area contributed by atoms with Gasteiger partial charge in [0.25, 0.3) is 0 Å². The maximum atomic E-state index is 10.6. The Morgan fingerprint density at radius 2 is 1.78 bits per heavy atom. The Morgan fingerprint density at radius 3 is 2.39 bits per heavy atom. The van der Waals surface area contributed by atoms with Crippen molar-refractivity contribution in [3.63, 3.8) is 0 Å². The molecule has 0 saturated heterocycles. The van der Waals surface area contributed by atoms with Crippen LogP contribution in [0.1, 0.15) is 13.0 Å². The molecule has 2 aromatic rings. The molecule has 98 valence electrons. The third kappa shape index (κ3) is 3.64. The van der Waals surface area contributed by atoms with Gasteiger partial charge in [0.05, 0.1) is 13.5 Å². The predicted molar refractivity (Wildman–Crippen MR) is 75.8 cm³/mol. The number of hydrogen-bond donors (Lipinski definition) is 1. The van der Waals surface area contributed by atoms with Crippen LogP contribution in [0.15, 0.2) is 36.4 Å². The summed E-state index contributed by atoms with van der Waals surface area (Å²) >= 11 is 0. The van der Waals surface area contributed by atoms with Gasteiger partial charge in [0.15, 0.2) is 0 Å². The number of aliphatic carboxylic acids is 1. The van der Waals surface area contributed by atoms with Crippen LogP contribution in [0.5, 0.6) is 5.75 Å². The first-order chi connectivity index (χ1) is 7.69. The molecule has 2 rings (SSSR count). The van der Waals surface area contributed by atoms with Crippen LogP contribution in [0.25, 0.3) is 10.8 Å². The van der Waals surface area contributed by atoms with Gasteiger partial charge in [-0.25, -0.2) is 0 Å². The van der Waals surface area contributed by atoms with E-state index in [1.807, 2.05) is 36.4 Å². The maximum absolute atomic E-state index is 10.6. The van der Waals surface area contributed by atoms with Crippen LogP contribution in [0.3, 0.4) is 0 Å². The Kier molecular flexibility index (Phi) is 6.20. The number of carboxylic acids is 1. The van der Waals surface area contributed by atoms with E-state index in [-0.39, 0.29) is 26.3 Å². The van der Waals surface area contributed by atoms with Crippen LogP contribution in [0.2, 0.25) is 0 Å². The van der Waals surface area contributed by atoms with Crippen molar-refractivity contribution in [2.45, 2.75) is 13.8 Å². The van der Waals surface area contributed by atoms with Crippen molar-refractivity contribution in [1.29, 1.82) is 0 Å². The average Bonchev–Trinajstić information content (AvgIpc) is 2.27. The zero-order chi connectivity index (χ0) is 11.5. The highest BCUT2D eigenvalue weighted by atomic mass is 35.5. The van der Waals surface area contributed by atoms with Gasteiger partial charge in [0.2, 0.25) is 0 Å². The average molecular weight is 269 g/mol. The van der Waals surface area contributed by atoms with Crippen molar-refractivity contribution >= 4 is 29.1 Å². The monoisotopic (exact) mass is 268 g/mol. The minimum absolute atomic E-state index is 0. The lowest BCUT2D eigenvalue weighted by Crippen LogP contribution is -1.99. The lowest BCUT2D eigenvalue weighted by Gasteiger charge is -2.04. The molecule has 0 heterocycles. The Morgan fingerprint density at radius 1 is 1.17 bits per heavy atom. The van der Waals surface area contributed by atoms with Gasteiger partial charge in [-0.1, -0.05) is 31.7 Å². The van der Waals surface area contributed by atoms with E-state index in [4.69, 9.17) is 9.84 Å². The van der Waals surface area contributed by atoms with Gasteiger partial charge in [0, 0.05) is 0 Å². The van der Waals surface area contributed by atoms with Crippen LogP contribution in [-0.4, -0.2) is 18.2 Å². The van der Waals surface area contributed by atoms with Crippen molar-refractivity contribution in [1.82, 2.24) is 0 Å². The first-order valence-corrected chi connectivity index (χ1v) is 4.97. The Labute approximate surface area is 113 Å². The number of carbonyl (C=O) groups is 1. The van der Waals surface area contributed by atoms with Gasteiger partial charge >= 0.3 is 5.97 Å². The molecular formula is C14H17ClO3. The molecular weight excluding hydrogens is 252 g/mol. The largest absolute Gasteiger partial charge is 0.497 e. The van der Waals surface area contributed by atoms with Gasteiger partial charge in [-0.05, 0) is 28.5 Å². The van der Waals surface area contributed by atoms with Crippen LogP contribution in [-0.2, 0) is 11.2 Å². The van der Waals surface area contributed by atoms with Gasteiger partial charge in [-0.2, -0.15) is 0 Å². The smallest absolute Gasteiger partial charge is 0.307 e. The fourth-order valence-corrected chi connectivity index (χ4v) is 1.68. The van der Waals surface area contributed by atoms with E-state index >= 15 is 0 Å². The van der Waals surface area contributed by atoms with Crippen molar-refractivity contribution < 1.29 is 14.6 Å². The molecule has 0 saturated carbocycles. The minimum atomic E-state index is -0.812.